The molecule has 0 rings (SSSR count). The third-order valence-electron chi connectivity index (χ3n) is 0.219. The highest BCUT2D eigenvalue weighted by molar-refractivity contribution is 5.66. The highest BCUT2D eigenvalue weighted by atomic mass is 16.6. The molecule has 0 bridgehead atoms. The molecule has 0 fully saturated rings. The summed E-state index contributed by atoms with van der Waals surface area (Å²) in [6, 6.07) is 0. The zero-order chi connectivity index (χ0) is 4.99. The number of hydrogen-bond donors (Lipinski definition) is 1. The first-order chi connectivity index (χ1) is 2.77. The summed E-state index contributed by atoms with van der Waals surface area (Å²) in [5, 5.41) is 7.67. The predicted molar refractivity (Wildman–Crippen MR) is 18.0 cm³/mol. The number of ether oxygens (including phenoxy) is 1. The van der Waals surface area contributed by atoms with Gasteiger partial charge in [-0.15, -0.1) is 0 Å². The topological polar surface area (TPSA) is 46.5 Å². The average Bonchev–Trinajstić information content (AvgIpc) is 1.35. The molecule has 1 radical (unpaired) electrons. The molecule has 0 aromatic carbocycles. The Kier molecular flexibility index (Phi) is 2.40. The van der Waals surface area contributed by atoms with Crippen LogP contribution in [0.15, 0.2) is 0 Å². The van der Waals surface area contributed by atoms with Gasteiger partial charge in [0, 0.05) is 6.92 Å². The molecule has 0 aliphatic carbocycles. The van der Waals surface area contributed by atoms with E-state index in [0.717, 1.165) is 0 Å². The van der Waals surface area contributed by atoms with Crippen molar-refractivity contribution in [3.63, 3.8) is 0 Å². The Morgan fingerprint density at radius 3 is 2.50 bits per heavy atom. The summed E-state index contributed by atoms with van der Waals surface area (Å²) < 4.78 is 3.83. The third-order valence-corrected chi connectivity index (χ3v) is 0.219. The van der Waals surface area contributed by atoms with E-state index in [1.165, 1.54) is 6.92 Å². The maximum Gasteiger partial charge on any atom is 0.305 e. The van der Waals surface area contributed by atoms with E-state index in [1.807, 2.05) is 0 Å². The maximum atomic E-state index is 9.63. The number of carbonyl (C=O) groups excluding carboxylic acids is 1. The fourth-order valence-electron chi connectivity index (χ4n) is 0.0742. The lowest BCUT2D eigenvalue weighted by Crippen LogP contribution is -1.92. The smallest absolute Gasteiger partial charge is 0.305 e. The molecular weight excluding hydrogens is 84.0 g/mol. The Hall–Kier alpha value is -0.570. The Morgan fingerprint density at radius 2 is 2.50 bits per heavy atom. The van der Waals surface area contributed by atoms with Crippen molar-refractivity contribution in [2.45, 2.75) is 6.92 Å². The second kappa shape index (κ2) is 2.66. The lowest BCUT2D eigenvalue weighted by atomic mass is 10.8. The number of aliphatic hydroxyl groups excluding tert-OH is 1. The molecule has 0 aromatic rings. The molecule has 0 saturated heterocycles. The molecule has 0 unspecified atom stereocenters. The minimum Gasteiger partial charge on any atom is -0.429 e. The second-order valence-corrected chi connectivity index (χ2v) is 0.715. The molecule has 0 amide bonds. The van der Waals surface area contributed by atoms with E-state index < -0.39 is 5.97 Å². The standard InChI is InChI=1S/C3H5O3/c1-3(5)6-2-4/h2,4H,1H3. The van der Waals surface area contributed by atoms with Crippen LogP contribution in [-0.4, -0.2) is 11.1 Å². The van der Waals surface area contributed by atoms with Gasteiger partial charge in [0.05, 0.1) is 0 Å². The Bertz CT molecular complexity index is 50.0. The molecule has 0 heterocycles. The van der Waals surface area contributed by atoms with E-state index in [4.69, 9.17) is 5.11 Å². The summed E-state index contributed by atoms with van der Waals surface area (Å²) in [6.45, 7) is 1.55. The number of rotatable bonds is 1. The van der Waals surface area contributed by atoms with Crippen molar-refractivity contribution in [1.29, 1.82) is 0 Å². The van der Waals surface area contributed by atoms with Crippen molar-refractivity contribution in [3.8, 4) is 0 Å². The van der Waals surface area contributed by atoms with Crippen molar-refractivity contribution >= 4 is 5.97 Å². The monoisotopic (exact) mass is 89.0 g/mol. The van der Waals surface area contributed by atoms with Gasteiger partial charge >= 0.3 is 5.97 Å². The first-order valence-electron chi connectivity index (χ1n) is 1.40. The zero-order valence-corrected chi connectivity index (χ0v) is 3.34. The van der Waals surface area contributed by atoms with Crippen molar-refractivity contribution in [1.82, 2.24) is 0 Å². The number of hydrogen-bond acceptors (Lipinski definition) is 3. The third kappa shape index (κ3) is 3.43. The van der Waals surface area contributed by atoms with Crippen LogP contribution in [0.1, 0.15) is 6.92 Å². The summed E-state index contributed by atoms with van der Waals surface area (Å²) in [6.07, 6.45) is 0. The molecule has 3 nitrogen and oxygen atoms in total. The second-order valence-electron chi connectivity index (χ2n) is 0.715. The van der Waals surface area contributed by atoms with Crippen LogP contribution in [0.3, 0.4) is 0 Å². The first kappa shape index (κ1) is 5.43. The molecule has 0 saturated carbocycles. The van der Waals surface area contributed by atoms with Crippen LogP contribution in [-0.2, 0) is 9.53 Å². The molecule has 1 N–H and O–H groups in total. The van der Waals surface area contributed by atoms with E-state index in [-0.39, 0.29) is 0 Å². The van der Waals surface area contributed by atoms with Crippen molar-refractivity contribution in [3.05, 3.63) is 6.79 Å². The van der Waals surface area contributed by atoms with Gasteiger partial charge in [0.1, 0.15) is 0 Å². The van der Waals surface area contributed by atoms with Crippen molar-refractivity contribution in [2.75, 3.05) is 0 Å². The van der Waals surface area contributed by atoms with Crippen LogP contribution < -0.4 is 0 Å². The first-order valence-corrected chi connectivity index (χ1v) is 1.40. The molecular formula is C3H5O3. The van der Waals surface area contributed by atoms with Gasteiger partial charge in [0.2, 0.25) is 0 Å². The lowest BCUT2D eigenvalue weighted by Gasteiger charge is -1.86. The minimum absolute atomic E-state index is 0.350. The van der Waals surface area contributed by atoms with Gasteiger partial charge in [-0.25, -0.2) is 0 Å². The van der Waals surface area contributed by atoms with Gasteiger partial charge in [-0.3, -0.25) is 4.79 Å². The van der Waals surface area contributed by atoms with Gasteiger partial charge < -0.3 is 9.84 Å². The van der Waals surface area contributed by atoms with Gasteiger partial charge in [-0.2, -0.15) is 0 Å². The molecule has 35 valence electrons. The summed E-state index contributed by atoms with van der Waals surface area (Å²) in [5.41, 5.74) is 0. The van der Waals surface area contributed by atoms with E-state index in [2.05, 4.69) is 4.74 Å². The fraction of sp³-hybridized carbons (Fsp3) is 0.333. The quantitative estimate of drug-likeness (QED) is 0.461. The molecule has 3 heteroatoms. The number of carbonyl (C=O) groups is 1. The SMILES string of the molecule is CC(=O)O[CH]O. The normalized spacial score (nSPS) is 7.67. The van der Waals surface area contributed by atoms with Crippen molar-refractivity contribution in [2.24, 2.45) is 0 Å². The van der Waals surface area contributed by atoms with Gasteiger partial charge in [0.15, 0.2) is 0 Å². The van der Waals surface area contributed by atoms with E-state index in [0.29, 0.717) is 6.79 Å². The summed E-state index contributed by atoms with van der Waals surface area (Å²) in [7, 11) is 0. The van der Waals surface area contributed by atoms with Crippen molar-refractivity contribution < 1.29 is 14.6 Å². The van der Waals surface area contributed by atoms with Crippen LogP contribution in [0.4, 0.5) is 0 Å². The van der Waals surface area contributed by atoms with Crippen LogP contribution in [0.2, 0.25) is 0 Å². The van der Waals surface area contributed by atoms with E-state index in [1.54, 1.807) is 0 Å². The Balaban J connectivity index is 2.83. The summed E-state index contributed by atoms with van der Waals surface area (Å²) in [4.78, 5) is 9.63. The Morgan fingerprint density at radius 1 is 2.00 bits per heavy atom. The minimum atomic E-state index is -0.516. The van der Waals surface area contributed by atoms with Gasteiger partial charge in [-0.05, 0) is 0 Å². The number of esters is 1. The summed E-state index contributed by atoms with van der Waals surface area (Å²) in [5.74, 6) is -0.516. The molecule has 0 atom stereocenters. The van der Waals surface area contributed by atoms with E-state index in [9.17, 15) is 4.79 Å². The lowest BCUT2D eigenvalue weighted by molar-refractivity contribution is -0.141. The summed E-state index contributed by atoms with van der Waals surface area (Å²) >= 11 is 0. The predicted octanol–water partition coefficient (Wildman–Crippen LogP) is 0.0413. The molecule has 0 spiro atoms. The molecule has 0 aromatic heterocycles. The molecule has 0 aliphatic heterocycles. The van der Waals surface area contributed by atoms with Crippen LogP contribution >= 0.6 is 0 Å². The highest BCUT2D eigenvalue weighted by Gasteiger charge is 1.84. The van der Waals surface area contributed by atoms with Crippen LogP contribution in [0.25, 0.3) is 0 Å². The Labute approximate surface area is 35.5 Å². The molecule has 0 aliphatic rings. The van der Waals surface area contributed by atoms with Crippen LogP contribution in [0, 0.1) is 6.79 Å². The zero-order valence-electron chi connectivity index (χ0n) is 3.34. The van der Waals surface area contributed by atoms with Gasteiger partial charge in [-0.1, -0.05) is 0 Å². The highest BCUT2D eigenvalue weighted by Crippen LogP contribution is 1.72. The fourth-order valence-corrected chi connectivity index (χ4v) is 0.0742. The largest absolute Gasteiger partial charge is 0.429 e. The maximum absolute atomic E-state index is 9.63. The average molecular weight is 89.1 g/mol. The van der Waals surface area contributed by atoms with Gasteiger partial charge in [0.25, 0.3) is 6.79 Å². The molecule has 6 heavy (non-hydrogen) atoms. The van der Waals surface area contributed by atoms with Crippen LogP contribution in [0.5, 0.6) is 0 Å². The van der Waals surface area contributed by atoms with E-state index >= 15 is 0 Å². The number of aliphatic hydroxyl groups is 1.